The molecule has 0 saturated carbocycles. The van der Waals surface area contributed by atoms with Gasteiger partial charge in [0.25, 0.3) is 0 Å². The lowest BCUT2D eigenvalue weighted by Crippen LogP contribution is -2.15. The van der Waals surface area contributed by atoms with Crippen molar-refractivity contribution >= 4 is 19.7 Å². The lowest BCUT2D eigenvalue weighted by atomic mass is 10.1. The first-order valence-corrected chi connectivity index (χ1v) is 10.2. The maximum absolute atomic E-state index is 12.8. The molecule has 2 aromatic rings. The van der Waals surface area contributed by atoms with Crippen LogP contribution in [0.5, 0.6) is 5.75 Å². The van der Waals surface area contributed by atoms with Crippen molar-refractivity contribution in [2.75, 3.05) is 12.5 Å². The summed E-state index contributed by atoms with van der Waals surface area (Å²) >= 11 is 0. The van der Waals surface area contributed by atoms with Crippen LogP contribution in [0.15, 0.2) is 58.3 Å². The standard InChI is InChI=1S/C16H13NO5S2/c1-17-11-22-12-7-8-14-15(9-12)23(18,19)10-16(14)24(20,21)13-5-3-2-4-6-13/h2-9,16H,10-11H2. The van der Waals surface area contributed by atoms with E-state index >= 15 is 0 Å². The molecule has 0 bridgehead atoms. The number of sulfone groups is 2. The minimum absolute atomic E-state index is 0.0468. The Hall–Kier alpha value is -2.37. The number of hydrogen-bond acceptors (Lipinski definition) is 5. The van der Waals surface area contributed by atoms with E-state index in [4.69, 9.17) is 11.3 Å². The monoisotopic (exact) mass is 363 g/mol. The van der Waals surface area contributed by atoms with E-state index in [1.54, 1.807) is 18.2 Å². The maximum Gasteiger partial charge on any atom is 0.357 e. The summed E-state index contributed by atoms with van der Waals surface area (Å²) in [6.45, 7) is 6.46. The molecule has 0 radical (unpaired) electrons. The summed E-state index contributed by atoms with van der Waals surface area (Å²) in [4.78, 5) is 3.08. The Balaban J connectivity index is 2.09. The van der Waals surface area contributed by atoms with Gasteiger partial charge in [0.1, 0.15) is 11.0 Å². The van der Waals surface area contributed by atoms with Crippen molar-refractivity contribution < 1.29 is 21.6 Å². The lowest BCUT2D eigenvalue weighted by Gasteiger charge is -2.12. The summed E-state index contributed by atoms with van der Waals surface area (Å²) in [6.07, 6.45) is 0. The van der Waals surface area contributed by atoms with Gasteiger partial charge < -0.3 is 4.74 Å². The van der Waals surface area contributed by atoms with E-state index in [9.17, 15) is 16.8 Å². The quantitative estimate of drug-likeness (QED) is 0.778. The third-order valence-electron chi connectivity index (χ3n) is 3.78. The summed E-state index contributed by atoms with van der Waals surface area (Å²) < 4.78 is 55.5. The molecular weight excluding hydrogens is 350 g/mol. The molecule has 124 valence electrons. The predicted molar refractivity (Wildman–Crippen MR) is 87.0 cm³/mol. The summed E-state index contributed by atoms with van der Waals surface area (Å²) in [5.41, 5.74) is 0.244. The predicted octanol–water partition coefficient (Wildman–Crippen LogP) is 2.24. The Labute approximate surface area is 140 Å². The second-order valence-electron chi connectivity index (χ2n) is 5.26. The molecule has 0 aliphatic carbocycles. The average molecular weight is 363 g/mol. The summed E-state index contributed by atoms with van der Waals surface area (Å²) in [7, 11) is -7.55. The van der Waals surface area contributed by atoms with Crippen molar-refractivity contribution in [3.63, 3.8) is 0 Å². The molecule has 0 amide bonds. The molecule has 2 aromatic carbocycles. The Morgan fingerprint density at radius 3 is 2.54 bits per heavy atom. The Kier molecular flexibility index (Phi) is 4.07. The van der Waals surface area contributed by atoms with Gasteiger partial charge >= 0.3 is 6.73 Å². The van der Waals surface area contributed by atoms with Crippen LogP contribution < -0.4 is 4.74 Å². The van der Waals surface area contributed by atoms with Gasteiger partial charge in [-0.25, -0.2) is 23.4 Å². The summed E-state index contributed by atoms with van der Waals surface area (Å²) in [5, 5.41) is -1.14. The Bertz CT molecular complexity index is 1020. The number of nitrogens with zero attached hydrogens (tertiary/aromatic N) is 1. The Morgan fingerprint density at radius 2 is 1.88 bits per heavy atom. The van der Waals surface area contributed by atoms with Gasteiger partial charge in [0.05, 0.1) is 15.5 Å². The van der Waals surface area contributed by atoms with Crippen LogP contribution in [0.3, 0.4) is 0 Å². The van der Waals surface area contributed by atoms with Gasteiger partial charge in [-0.2, -0.15) is 0 Å². The van der Waals surface area contributed by atoms with E-state index in [0.29, 0.717) is 0 Å². The highest BCUT2D eigenvalue weighted by Crippen LogP contribution is 2.42. The molecule has 6 nitrogen and oxygen atoms in total. The second kappa shape index (κ2) is 5.92. The molecule has 3 rings (SSSR count). The molecular formula is C16H13NO5S2. The van der Waals surface area contributed by atoms with E-state index in [0.717, 1.165) is 0 Å². The second-order valence-corrected chi connectivity index (χ2v) is 9.39. The van der Waals surface area contributed by atoms with Gasteiger partial charge in [-0.3, -0.25) is 4.85 Å². The fraction of sp³-hybridized carbons (Fsp3) is 0.188. The SMILES string of the molecule is [C-]#[N+]COc1ccc2c(c1)S(=O)(=O)CC2S(=O)(=O)c1ccccc1. The highest BCUT2D eigenvalue weighted by molar-refractivity contribution is 7.96. The van der Waals surface area contributed by atoms with E-state index in [-0.39, 0.29) is 27.8 Å². The number of benzene rings is 2. The van der Waals surface area contributed by atoms with Crippen molar-refractivity contribution in [2.45, 2.75) is 15.0 Å². The zero-order valence-corrected chi connectivity index (χ0v) is 14.0. The normalized spacial score (nSPS) is 18.5. The van der Waals surface area contributed by atoms with Crippen LogP contribution in [0.1, 0.15) is 10.8 Å². The molecule has 1 aliphatic heterocycles. The van der Waals surface area contributed by atoms with Crippen LogP contribution in [0.2, 0.25) is 0 Å². The molecule has 1 aliphatic rings. The van der Waals surface area contributed by atoms with Gasteiger partial charge in [0.15, 0.2) is 19.7 Å². The number of fused-ring (bicyclic) bond motifs is 1. The molecule has 0 N–H and O–H groups in total. The smallest absolute Gasteiger partial charge is 0.357 e. The first-order valence-electron chi connectivity index (χ1n) is 6.98. The maximum atomic E-state index is 12.8. The molecule has 24 heavy (non-hydrogen) atoms. The highest BCUT2D eigenvalue weighted by Gasteiger charge is 2.43. The van der Waals surface area contributed by atoms with Gasteiger partial charge in [-0.1, -0.05) is 24.3 Å². The van der Waals surface area contributed by atoms with Crippen molar-refractivity contribution in [3.05, 3.63) is 65.5 Å². The van der Waals surface area contributed by atoms with E-state index in [1.807, 2.05) is 0 Å². The molecule has 1 heterocycles. The van der Waals surface area contributed by atoms with E-state index < -0.39 is 30.7 Å². The Morgan fingerprint density at radius 1 is 1.17 bits per heavy atom. The van der Waals surface area contributed by atoms with Gasteiger partial charge in [0, 0.05) is 0 Å². The van der Waals surface area contributed by atoms with E-state index in [1.165, 1.54) is 30.3 Å². The third-order valence-corrected chi connectivity index (χ3v) is 7.89. The number of rotatable bonds is 4. The van der Waals surface area contributed by atoms with Crippen LogP contribution in [0.4, 0.5) is 0 Å². The van der Waals surface area contributed by atoms with Crippen LogP contribution in [-0.2, 0) is 19.7 Å². The van der Waals surface area contributed by atoms with Crippen molar-refractivity contribution in [1.29, 1.82) is 0 Å². The van der Waals surface area contributed by atoms with Crippen LogP contribution in [0, 0.1) is 6.57 Å². The summed E-state index contributed by atoms with van der Waals surface area (Å²) in [6, 6.07) is 12.0. The van der Waals surface area contributed by atoms with Crippen molar-refractivity contribution in [3.8, 4) is 5.75 Å². The molecule has 0 spiro atoms. The minimum Gasteiger partial charge on any atom is -0.426 e. The molecule has 1 atom stereocenters. The van der Waals surface area contributed by atoms with Gasteiger partial charge in [-0.05, 0) is 29.8 Å². The van der Waals surface area contributed by atoms with Crippen LogP contribution in [0.25, 0.3) is 4.85 Å². The molecule has 0 aromatic heterocycles. The topological polar surface area (TPSA) is 81.9 Å². The minimum atomic E-state index is -3.82. The zero-order valence-electron chi connectivity index (χ0n) is 12.4. The fourth-order valence-electron chi connectivity index (χ4n) is 2.66. The summed E-state index contributed by atoms with van der Waals surface area (Å²) in [5.74, 6) is -0.266. The average Bonchev–Trinajstić information content (AvgIpc) is 2.85. The highest BCUT2D eigenvalue weighted by atomic mass is 32.2. The fourth-order valence-corrected chi connectivity index (χ4v) is 7.01. The molecule has 0 fully saturated rings. The molecule has 0 saturated heterocycles. The first-order chi connectivity index (χ1) is 11.4. The van der Waals surface area contributed by atoms with Crippen LogP contribution >= 0.6 is 0 Å². The number of hydrogen-bond donors (Lipinski definition) is 0. The molecule has 8 heteroatoms. The third kappa shape index (κ3) is 2.77. The number of ether oxygens (including phenoxy) is 1. The lowest BCUT2D eigenvalue weighted by molar-refractivity contribution is 0.360. The van der Waals surface area contributed by atoms with Crippen molar-refractivity contribution in [2.24, 2.45) is 0 Å². The largest absolute Gasteiger partial charge is 0.426 e. The van der Waals surface area contributed by atoms with Gasteiger partial charge in [-0.15, -0.1) is 0 Å². The van der Waals surface area contributed by atoms with Gasteiger partial charge in [0.2, 0.25) is 0 Å². The zero-order chi connectivity index (χ0) is 17.4. The first kappa shape index (κ1) is 16.5. The van der Waals surface area contributed by atoms with E-state index in [2.05, 4.69) is 4.85 Å². The molecule has 1 unspecified atom stereocenters. The van der Waals surface area contributed by atoms with Crippen LogP contribution in [-0.4, -0.2) is 29.3 Å². The van der Waals surface area contributed by atoms with Crippen molar-refractivity contribution in [1.82, 2.24) is 0 Å².